The first-order chi connectivity index (χ1) is 12.9. The molecule has 7 heteroatoms. The van der Waals surface area contributed by atoms with Gasteiger partial charge < -0.3 is 14.7 Å². The molecule has 3 rings (SSSR count). The average molecular weight is 440 g/mol. The minimum absolute atomic E-state index is 0.0608. The maximum atomic E-state index is 14.2. The third-order valence-electron chi connectivity index (χ3n) is 4.21. The summed E-state index contributed by atoms with van der Waals surface area (Å²) in [4.78, 5) is 1.74. The number of anilines is 1. The molecule has 2 aromatic rings. The van der Waals surface area contributed by atoms with E-state index in [2.05, 4.69) is 15.9 Å². The molecule has 0 aliphatic carbocycles. The molecule has 0 bridgehead atoms. The van der Waals surface area contributed by atoms with Crippen LogP contribution in [-0.4, -0.2) is 11.7 Å². The van der Waals surface area contributed by atoms with Crippen molar-refractivity contribution < 1.29 is 23.0 Å². The molecule has 0 saturated heterocycles. The molecule has 1 heterocycles. The predicted octanol–water partition coefficient (Wildman–Crippen LogP) is 5.14. The number of nitrogens with zero attached hydrogens (tertiary/aromatic N) is 1. The Labute approximate surface area is 163 Å². The maximum absolute atomic E-state index is 14.2. The topological polar surface area (TPSA) is 32.7 Å². The van der Waals surface area contributed by atoms with Crippen LogP contribution in [0, 0.1) is 17.5 Å². The molecule has 0 spiro atoms. The molecular weight excluding hydrogens is 423 g/mol. The fraction of sp³-hybridized carbons (Fsp3) is 0.200. The van der Waals surface area contributed by atoms with Crippen molar-refractivity contribution in [2.75, 3.05) is 11.4 Å². The smallest absolute Gasteiger partial charge is 0.146 e. The van der Waals surface area contributed by atoms with Gasteiger partial charge in [0.15, 0.2) is 0 Å². The summed E-state index contributed by atoms with van der Waals surface area (Å²) >= 11 is 3.43. The molecule has 2 aromatic carbocycles. The summed E-state index contributed by atoms with van der Waals surface area (Å²) in [5, 5.41) is 9.28. The minimum atomic E-state index is -0.673. The molecule has 0 fully saturated rings. The zero-order chi connectivity index (χ0) is 19.6. The number of hydrogen-bond acceptors (Lipinski definition) is 3. The largest absolute Gasteiger partial charge is 0.488 e. The summed E-state index contributed by atoms with van der Waals surface area (Å²) in [6.07, 6.45) is 1.71. The molecule has 0 aromatic heterocycles. The number of rotatable bonds is 5. The zero-order valence-corrected chi connectivity index (χ0v) is 16.1. The second kappa shape index (κ2) is 8.19. The maximum Gasteiger partial charge on any atom is 0.146 e. The van der Waals surface area contributed by atoms with Crippen LogP contribution >= 0.6 is 15.9 Å². The first-order valence-corrected chi connectivity index (χ1v) is 8.99. The van der Waals surface area contributed by atoms with E-state index < -0.39 is 17.5 Å². The molecule has 0 radical (unpaired) electrons. The highest BCUT2D eigenvalue weighted by Crippen LogP contribution is 2.32. The van der Waals surface area contributed by atoms with E-state index in [0.29, 0.717) is 28.0 Å². The summed E-state index contributed by atoms with van der Waals surface area (Å²) in [5.41, 5.74) is 1.91. The van der Waals surface area contributed by atoms with Crippen molar-refractivity contribution in [2.45, 2.75) is 20.1 Å². The summed E-state index contributed by atoms with van der Waals surface area (Å²) in [6.45, 7) is 1.87. The fourth-order valence-electron chi connectivity index (χ4n) is 2.74. The summed E-state index contributed by atoms with van der Waals surface area (Å²) in [5.74, 6) is -1.23. The highest BCUT2D eigenvalue weighted by atomic mass is 79.9. The van der Waals surface area contributed by atoms with Crippen LogP contribution in [0.25, 0.3) is 0 Å². The van der Waals surface area contributed by atoms with E-state index in [1.807, 2.05) is 0 Å². The Morgan fingerprint density at radius 3 is 2.59 bits per heavy atom. The lowest BCUT2D eigenvalue weighted by Gasteiger charge is -2.30. The Morgan fingerprint density at radius 2 is 1.89 bits per heavy atom. The molecular formula is C20H17BrF3NO2. The van der Waals surface area contributed by atoms with E-state index in [0.717, 1.165) is 11.8 Å². The molecule has 1 N–H and O–H groups in total. The first kappa shape index (κ1) is 19.5. The van der Waals surface area contributed by atoms with Crippen molar-refractivity contribution in [2.24, 2.45) is 0 Å². The number of ether oxygens (including phenoxy) is 1. The second-order valence-electron chi connectivity index (χ2n) is 6.11. The van der Waals surface area contributed by atoms with E-state index in [1.54, 1.807) is 24.0 Å². The number of allylic oxidation sites excluding steroid dienone is 2. The van der Waals surface area contributed by atoms with Crippen LogP contribution in [0.2, 0.25) is 0 Å². The Hall–Kier alpha value is -2.25. The van der Waals surface area contributed by atoms with Gasteiger partial charge in [0.05, 0.1) is 23.3 Å². The number of aliphatic hydroxyl groups excluding tert-OH is 1. The Balaban J connectivity index is 1.78. The van der Waals surface area contributed by atoms with Crippen LogP contribution in [-0.2, 0) is 18.0 Å². The van der Waals surface area contributed by atoms with E-state index in [1.165, 1.54) is 24.3 Å². The van der Waals surface area contributed by atoms with Gasteiger partial charge in [0.1, 0.15) is 29.8 Å². The van der Waals surface area contributed by atoms with Crippen molar-refractivity contribution in [3.05, 3.63) is 87.0 Å². The number of aliphatic hydroxyl groups is 1. The van der Waals surface area contributed by atoms with Gasteiger partial charge in [0.2, 0.25) is 0 Å². The molecule has 1 aliphatic rings. The number of benzene rings is 2. The molecule has 27 heavy (non-hydrogen) atoms. The molecule has 142 valence electrons. The number of halogens is 4. The van der Waals surface area contributed by atoms with Crippen molar-refractivity contribution in [1.29, 1.82) is 0 Å². The van der Waals surface area contributed by atoms with Gasteiger partial charge >= 0.3 is 0 Å². The van der Waals surface area contributed by atoms with Crippen LogP contribution in [0.3, 0.4) is 0 Å². The third-order valence-corrected chi connectivity index (χ3v) is 4.85. The van der Waals surface area contributed by atoms with Gasteiger partial charge in [-0.1, -0.05) is 6.07 Å². The van der Waals surface area contributed by atoms with Crippen molar-refractivity contribution in [1.82, 2.24) is 0 Å². The molecule has 0 amide bonds. The van der Waals surface area contributed by atoms with Gasteiger partial charge in [-0.05, 0) is 52.7 Å². The van der Waals surface area contributed by atoms with Crippen LogP contribution < -0.4 is 4.90 Å². The second-order valence-corrected chi connectivity index (χ2v) is 7.07. The van der Waals surface area contributed by atoms with E-state index in [-0.39, 0.29) is 18.8 Å². The lowest BCUT2D eigenvalue weighted by Crippen LogP contribution is -2.27. The molecule has 0 unspecified atom stereocenters. The number of hydrogen-bond donors (Lipinski definition) is 1. The zero-order valence-electron chi connectivity index (χ0n) is 14.5. The van der Waals surface area contributed by atoms with E-state index >= 15 is 0 Å². The van der Waals surface area contributed by atoms with Crippen LogP contribution in [0.1, 0.15) is 18.1 Å². The van der Waals surface area contributed by atoms with Crippen LogP contribution in [0.15, 0.2) is 58.4 Å². The first-order valence-electron chi connectivity index (χ1n) is 8.19. The summed E-state index contributed by atoms with van der Waals surface area (Å²) in [7, 11) is 0. The van der Waals surface area contributed by atoms with E-state index in [9.17, 15) is 18.3 Å². The monoisotopic (exact) mass is 439 g/mol. The Kier molecular flexibility index (Phi) is 5.92. The predicted molar refractivity (Wildman–Crippen MR) is 101 cm³/mol. The van der Waals surface area contributed by atoms with Gasteiger partial charge in [-0.25, -0.2) is 13.2 Å². The molecule has 0 atom stereocenters. The van der Waals surface area contributed by atoms with Crippen molar-refractivity contribution >= 4 is 21.6 Å². The Bertz CT molecular complexity index is 927. The molecule has 3 nitrogen and oxygen atoms in total. The minimum Gasteiger partial charge on any atom is -0.488 e. The van der Waals surface area contributed by atoms with Gasteiger partial charge in [-0.15, -0.1) is 0 Å². The quantitative estimate of drug-likeness (QED) is 0.699. The standard InChI is InChI=1S/C20H17BrF3NO2/c1-12-6-20(27-11-14-3-4-15(22)8-18(14)24)16(21)9-25(12)19-7-13(10-26)2-5-17(19)23/h2-8,26H,9-11H2,1H3. The van der Waals surface area contributed by atoms with Gasteiger partial charge in [-0.2, -0.15) is 0 Å². The fourth-order valence-corrected chi connectivity index (χ4v) is 3.22. The lowest BCUT2D eigenvalue weighted by molar-refractivity contribution is 0.204. The average Bonchev–Trinajstić information content (AvgIpc) is 2.64. The van der Waals surface area contributed by atoms with E-state index in [4.69, 9.17) is 4.74 Å². The van der Waals surface area contributed by atoms with Gasteiger partial charge in [0, 0.05) is 23.4 Å². The summed E-state index contributed by atoms with van der Waals surface area (Å²) < 4.78 is 47.3. The van der Waals surface area contributed by atoms with Crippen molar-refractivity contribution in [3.8, 4) is 0 Å². The third kappa shape index (κ3) is 4.36. The highest BCUT2D eigenvalue weighted by molar-refractivity contribution is 9.11. The van der Waals surface area contributed by atoms with Crippen LogP contribution in [0.4, 0.5) is 18.9 Å². The van der Waals surface area contributed by atoms with Gasteiger partial charge in [-0.3, -0.25) is 0 Å². The summed E-state index contributed by atoms with van der Waals surface area (Å²) in [6, 6.07) is 7.75. The lowest BCUT2D eigenvalue weighted by atomic mass is 10.1. The highest BCUT2D eigenvalue weighted by Gasteiger charge is 2.22. The van der Waals surface area contributed by atoms with Crippen molar-refractivity contribution in [3.63, 3.8) is 0 Å². The molecule has 0 saturated carbocycles. The van der Waals surface area contributed by atoms with Crippen LogP contribution in [0.5, 0.6) is 0 Å². The molecule has 1 aliphatic heterocycles. The Morgan fingerprint density at radius 1 is 1.11 bits per heavy atom. The SMILES string of the molecule is CC1=CC(OCc2ccc(F)cc2F)=C(Br)CN1c1cc(CO)ccc1F. The normalized spacial score (nSPS) is 14.4. The van der Waals surface area contributed by atoms with Gasteiger partial charge in [0.25, 0.3) is 0 Å².